The van der Waals surface area contributed by atoms with Gasteiger partial charge in [-0.1, -0.05) is 6.42 Å². The molecule has 6 heteroatoms. The van der Waals surface area contributed by atoms with Crippen LogP contribution >= 0.6 is 0 Å². The predicted molar refractivity (Wildman–Crippen MR) is 80.4 cm³/mol. The summed E-state index contributed by atoms with van der Waals surface area (Å²) in [4.78, 5) is 14.2. The molecule has 0 bridgehead atoms. The van der Waals surface area contributed by atoms with Gasteiger partial charge in [-0.15, -0.1) is 0 Å². The Hall–Kier alpha value is -1.66. The molecule has 116 valence electrons. The van der Waals surface area contributed by atoms with Gasteiger partial charge >= 0.3 is 0 Å². The highest BCUT2D eigenvalue weighted by atomic mass is 19.1. The van der Waals surface area contributed by atoms with Gasteiger partial charge in [-0.2, -0.15) is 0 Å². The zero-order valence-corrected chi connectivity index (χ0v) is 12.0. The lowest BCUT2D eigenvalue weighted by molar-refractivity contribution is -0.118. The van der Waals surface area contributed by atoms with E-state index in [4.69, 9.17) is 10.8 Å². The van der Waals surface area contributed by atoms with Crippen LogP contribution in [0.25, 0.3) is 0 Å². The van der Waals surface area contributed by atoms with Gasteiger partial charge in [0.1, 0.15) is 5.82 Å². The zero-order valence-electron chi connectivity index (χ0n) is 12.0. The van der Waals surface area contributed by atoms with Gasteiger partial charge in [0.25, 0.3) is 0 Å². The molecule has 21 heavy (non-hydrogen) atoms. The number of amides is 1. The van der Waals surface area contributed by atoms with Gasteiger partial charge in [0.05, 0.1) is 17.9 Å². The summed E-state index contributed by atoms with van der Waals surface area (Å²) in [6.45, 7) is 1.26. The third-order valence-corrected chi connectivity index (χ3v) is 3.85. The number of halogens is 1. The number of carbonyl (C=O) groups is 1. The highest BCUT2D eigenvalue weighted by Gasteiger charge is 2.23. The summed E-state index contributed by atoms with van der Waals surface area (Å²) >= 11 is 0. The number of nitrogens with one attached hydrogen (secondary N) is 1. The molecule has 0 spiro atoms. The Labute approximate surface area is 123 Å². The first-order valence-corrected chi connectivity index (χ1v) is 7.30. The number of carbonyl (C=O) groups excluding carboxylic acids is 1. The number of anilines is 2. The number of nitrogens with two attached hydrogens (primary N) is 1. The fraction of sp³-hybridized carbons (Fsp3) is 0.533. The molecule has 1 aliphatic rings. The smallest absolute Gasteiger partial charge is 0.238 e. The Kier molecular flexibility index (Phi) is 5.52. The minimum Gasteiger partial charge on any atom is -0.397 e. The van der Waals surface area contributed by atoms with E-state index in [1.54, 1.807) is 0 Å². The molecule has 4 N–H and O–H groups in total. The van der Waals surface area contributed by atoms with Crippen molar-refractivity contribution in [3.05, 3.63) is 24.0 Å². The van der Waals surface area contributed by atoms with Crippen LogP contribution < -0.4 is 11.1 Å². The van der Waals surface area contributed by atoms with Gasteiger partial charge < -0.3 is 16.2 Å². The predicted octanol–water partition coefficient (Wildman–Crippen LogP) is 1.58. The molecule has 0 saturated carbocycles. The van der Waals surface area contributed by atoms with Crippen molar-refractivity contribution in [1.29, 1.82) is 0 Å². The molecule has 1 amide bonds. The Morgan fingerprint density at radius 1 is 1.48 bits per heavy atom. The lowest BCUT2D eigenvalue weighted by Crippen LogP contribution is -2.44. The van der Waals surface area contributed by atoms with Crippen molar-refractivity contribution in [3.63, 3.8) is 0 Å². The largest absolute Gasteiger partial charge is 0.397 e. The molecule has 1 saturated heterocycles. The van der Waals surface area contributed by atoms with Crippen LogP contribution in [0, 0.1) is 5.82 Å². The van der Waals surface area contributed by atoms with Crippen molar-refractivity contribution in [2.24, 2.45) is 0 Å². The first-order valence-electron chi connectivity index (χ1n) is 7.30. The molecule has 0 radical (unpaired) electrons. The van der Waals surface area contributed by atoms with E-state index < -0.39 is 5.82 Å². The number of aliphatic hydroxyl groups is 1. The van der Waals surface area contributed by atoms with Gasteiger partial charge in [0.15, 0.2) is 0 Å². The van der Waals surface area contributed by atoms with Crippen molar-refractivity contribution in [3.8, 4) is 0 Å². The maximum Gasteiger partial charge on any atom is 0.238 e. The maximum atomic E-state index is 13.0. The monoisotopic (exact) mass is 295 g/mol. The molecule has 1 atom stereocenters. The third-order valence-electron chi connectivity index (χ3n) is 3.85. The Bertz CT molecular complexity index is 494. The molecule has 1 aromatic rings. The molecule has 2 rings (SSSR count). The summed E-state index contributed by atoms with van der Waals surface area (Å²) in [5, 5.41) is 11.8. The molecule has 1 unspecified atom stereocenters. The molecule has 1 fully saturated rings. The van der Waals surface area contributed by atoms with Crippen molar-refractivity contribution in [1.82, 2.24) is 4.90 Å². The number of likely N-dealkylation sites (tertiary alicyclic amines) is 1. The number of piperidine rings is 1. The number of nitrogen functional groups attached to an aromatic ring is 1. The van der Waals surface area contributed by atoms with Crippen LogP contribution in [0.1, 0.15) is 25.7 Å². The van der Waals surface area contributed by atoms with E-state index in [1.165, 1.54) is 18.2 Å². The van der Waals surface area contributed by atoms with Crippen molar-refractivity contribution >= 4 is 17.3 Å². The molecular weight excluding hydrogens is 273 g/mol. The van der Waals surface area contributed by atoms with E-state index in [-0.39, 0.29) is 30.8 Å². The number of aliphatic hydroxyl groups excluding tert-OH is 1. The average Bonchev–Trinajstić information content (AvgIpc) is 2.44. The van der Waals surface area contributed by atoms with E-state index in [2.05, 4.69) is 10.2 Å². The minimum atomic E-state index is -0.426. The molecule has 1 aromatic carbocycles. The standard InChI is InChI=1S/C15H22FN3O2/c16-11-4-5-14(13(17)9-11)18-15(21)10-19-7-2-1-3-12(19)6-8-20/h4-5,9,12,20H,1-3,6-8,10,17H2,(H,18,21). The second-order valence-corrected chi connectivity index (χ2v) is 5.41. The summed E-state index contributed by atoms with van der Waals surface area (Å²) in [5.41, 5.74) is 6.32. The van der Waals surface area contributed by atoms with Crippen LogP contribution in [0.2, 0.25) is 0 Å². The highest BCUT2D eigenvalue weighted by molar-refractivity contribution is 5.95. The fourth-order valence-electron chi connectivity index (χ4n) is 2.77. The first kappa shape index (κ1) is 15.7. The van der Waals surface area contributed by atoms with Gasteiger partial charge in [-0.05, 0) is 44.0 Å². The van der Waals surface area contributed by atoms with E-state index in [0.29, 0.717) is 12.1 Å². The number of rotatable bonds is 5. The molecule has 1 aliphatic heterocycles. The summed E-state index contributed by atoms with van der Waals surface area (Å²) in [6.07, 6.45) is 3.89. The van der Waals surface area contributed by atoms with Crippen LogP contribution in [-0.2, 0) is 4.79 Å². The normalized spacial score (nSPS) is 19.4. The molecule has 0 aromatic heterocycles. The molecular formula is C15H22FN3O2. The number of benzene rings is 1. The van der Waals surface area contributed by atoms with Gasteiger partial charge in [-0.3, -0.25) is 9.69 Å². The fourth-order valence-corrected chi connectivity index (χ4v) is 2.77. The van der Waals surface area contributed by atoms with E-state index in [1.807, 2.05) is 0 Å². The molecule has 5 nitrogen and oxygen atoms in total. The van der Waals surface area contributed by atoms with Crippen molar-refractivity contribution in [2.75, 3.05) is 30.7 Å². The average molecular weight is 295 g/mol. The number of hydrogen-bond acceptors (Lipinski definition) is 4. The first-order chi connectivity index (χ1) is 10.1. The SMILES string of the molecule is Nc1cc(F)ccc1NC(=O)CN1CCCCC1CCO. The number of hydrogen-bond donors (Lipinski definition) is 3. The Morgan fingerprint density at radius 2 is 2.29 bits per heavy atom. The van der Waals surface area contributed by atoms with Crippen LogP contribution in [0.4, 0.5) is 15.8 Å². The molecule has 1 heterocycles. The summed E-state index contributed by atoms with van der Waals surface area (Å²) in [6, 6.07) is 4.16. The van der Waals surface area contributed by atoms with Crippen LogP contribution in [0.15, 0.2) is 18.2 Å². The molecule has 0 aliphatic carbocycles. The van der Waals surface area contributed by atoms with Crippen LogP contribution in [0.3, 0.4) is 0 Å². The lowest BCUT2D eigenvalue weighted by Gasteiger charge is -2.34. The quantitative estimate of drug-likeness (QED) is 0.721. The second kappa shape index (κ2) is 7.38. The Balaban J connectivity index is 1.93. The lowest BCUT2D eigenvalue weighted by atomic mass is 9.99. The third kappa shape index (κ3) is 4.41. The minimum absolute atomic E-state index is 0.133. The second-order valence-electron chi connectivity index (χ2n) is 5.41. The van der Waals surface area contributed by atoms with Gasteiger partial charge in [0.2, 0.25) is 5.91 Å². The van der Waals surface area contributed by atoms with Gasteiger partial charge in [0, 0.05) is 12.6 Å². The van der Waals surface area contributed by atoms with E-state index in [9.17, 15) is 9.18 Å². The van der Waals surface area contributed by atoms with Crippen molar-refractivity contribution < 1.29 is 14.3 Å². The topological polar surface area (TPSA) is 78.6 Å². The summed E-state index contributed by atoms with van der Waals surface area (Å²) < 4.78 is 13.0. The van der Waals surface area contributed by atoms with E-state index >= 15 is 0 Å². The number of nitrogens with zero attached hydrogens (tertiary/aromatic N) is 1. The van der Waals surface area contributed by atoms with Crippen LogP contribution in [0.5, 0.6) is 0 Å². The maximum absolute atomic E-state index is 13.0. The van der Waals surface area contributed by atoms with Crippen LogP contribution in [-0.4, -0.2) is 41.7 Å². The van der Waals surface area contributed by atoms with Gasteiger partial charge in [-0.25, -0.2) is 4.39 Å². The summed E-state index contributed by atoms with van der Waals surface area (Å²) in [7, 11) is 0. The zero-order chi connectivity index (χ0) is 15.2. The van der Waals surface area contributed by atoms with Crippen molar-refractivity contribution in [2.45, 2.75) is 31.7 Å². The Morgan fingerprint density at radius 3 is 3.00 bits per heavy atom. The summed E-state index contributed by atoms with van der Waals surface area (Å²) in [5.74, 6) is -0.595. The van der Waals surface area contributed by atoms with E-state index in [0.717, 1.165) is 25.8 Å². The highest BCUT2D eigenvalue weighted by Crippen LogP contribution is 2.21.